The van der Waals surface area contributed by atoms with Gasteiger partial charge in [0, 0.05) is 23.8 Å². The van der Waals surface area contributed by atoms with E-state index in [4.69, 9.17) is 0 Å². The van der Waals surface area contributed by atoms with E-state index in [1.807, 2.05) is 12.3 Å². The van der Waals surface area contributed by atoms with Gasteiger partial charge in [-0.05, 0) is 16.2 Å². The predicted octanol–water partition coefficient (Wildman–Crippen LogP) is 3.19. The van der Waals surface area contributed by atoms with Crippen LogP contribution in [0.5, 0.6) is 0 Å². The normalized spacial score (nSPS) is 10.9. The smallest absolute Gasteiger partial charge is 0.0353 e. The van der Waals surface area contributed by atoms with Crippen molar-refractivity contribution in [3.63, 3.8) is 0 Å². The highest BCUT2D eigenvalue weighted by molar-refractivity contribution is 6.06. The van der Waals surface area contributed by atoms with Crippen LogP contribution in [-0.4, -0.2) is 4.98 Å². The predicted molar refractivity (Wildman–Crippen MR) is 58.1 cm³/mol. The number of aromatic nitrogens is 1. The minimum atomic E-state index is 1.12. The van der Waals surface area contributed by atoms with E-state index in [9.17, 15) is 0 Å². The Morgan fingerprint density at radius 3 is 2.86 bits per heavy atom. The fourth-order valence-electron chi connectivity index (χ4n) is 1.78. The fourth-order valence-corrected chi connectivity index (χ4v) is 1.78. The van der Waals surface area contributed by atoms with E-state index in [0.717, 1.165) is 5.39 Å². The third-order valence-corrected chi connectivity index (χ3v) is 2.47. The van der Waals surface area contributed by atoms with Crippen LogP contribution < -0.4 is 0 Å². The molecule has 14 heavy (non-hydrogen) atoms. The zero-order valence-electron chi connectivity index (χ0n) is 7.57. The van der Waals surface area contributed by atoms with Crippen LogP contribution in [0, 0.1) is 6.07 Å². The Hall–Kier alpha value is -1.89. The summed E-state index contributed by atoms with van der Waals surface area (Å²) in [6.07, 6.45) is 3.60. The van der Waals surface area contributed by atoms with Gasteiger partial charge in [-0.25, -0.2) is 0 Å². The van der Waals surface area contributed by atoms with Gasteiger partial charge in [-0.15, -0.1) is 0 Å². The van der Waals surface area contributed by atoms with Crippen molar-refractivity contribution < 1.29 is 0 Å². The van der Waals surface area contributed by atoms with Gasteiger partial charge in [0.2, 0.25) is 0 Å². The molecule has 1 radical (unpaired) electrons. The molecule has 0 bridgehead atoms. The van der Waals surface area contributed by atoms with Crippen LogP contribution in [0.1, 0.15) is 0 Å². The maximum atomic E-state index is 4.11. The second-order valence-corrected chi connectivity index (χ2v) is 3.30. The lowest BCUT2D eigenvalue weighted by atomic mass is 10.0. The average molecular weight is 178 g/mol. The van der Waals surface area contributed by atoms with E-state index in [1.165, 1.54) is 16.2 Å². The number of nitrogens with zero attached hydrogens (tertiary/aromatic N) is 1. The van der Waals surface area contributed by atoms with Crippen molar-refractivity contribution in [3.05, 3.63) is 54.9 Å². The lowest BCUT2D eigenvalue weighted by molar-refractivity contribution is 1.36. The van der Waals surface area contributed by atoms with Gasteiger partial charge >= 0.3 is 0 Å². The summed E-state index contributed by atoms with van der Waals surface area (Å²) in [4.78, 5) is 4.11. The standard InChI is InChI=1S/C13H8N/c1-2-4-12-10(3-1)5-6-11-7-8-14-9-13(11)12/h1-6,8-9H. The molecule has 0 atom stereocenters. The van der Waals surface area contributed by atoms with Crippen molar-refractivity contribution in [2.75, 3.05) is 0 Å². The summed E-state index contributed by atoms with van der Waals surface area (Å²) < 4.78 is 0. The SMILES string of the molecule is [c]1cncc2c1ccc1ccccc12. The molecule has 3 aromatic rings. The first-order valence-corrected chi connectivity index (χ1v) is 4.58. The largest absolute Gasteiger partial charge is 0.263 e. The molecule has 2 aromatic carbocycles. The molecule has 1 heteroatoms. The van der Waals surface area contributed by atoms with Crippen molar-refractivity contribution in [1.29, 1.82) is 0 Å². The van der Waals surface area contributed by atoms with Crippen LogP contribution in [0.2, 0.25) is 0 Å². The van der Waals surface area contributed by atoms with E-state index < -0.39 is 0 Å². The third kappa shape index (κ3) is 0.990. The molecule has 0 saturated carbocycles. The summed E-state index contributed by atoms with van der Waals surface area (Å²) in [5.74, 6) is 0. The van der Waals surface area contributed by atoms with Crippen molar-refractivity contribution in [1.82, 2.24) is 4.98 Å². The molecule has 65 valence electrons. The molecule has 0 amide bonds. The van der Waals surface area contributed by atoms with E-state index in [-0.39, 0.29) is 0 Å². The Balaban J connectivity index is 2.61. The molecule has 0 spiro atoms. The van der Waals surface area contributed by atoms with Gasteiger partial charge in [-0.2, -0.15) is 0 Å². The van der Waals surface area contributed by atoms with Crippen LogP contribution in [0.3, 0.4) is 0 Å². The summed E-state index contributed by atoms with van der Waals surface area (Å²) >= 11 is 0. The van der Waals surface area contributed by atoms with Gasteiger partial charge in [0.15, 0.2) is 0 Å². The molecule has 0 fully saturated rings. The molecule has 3 rings (SSSR count). The van der Waals surface area contributed by atoms with E-state index in [2.05, 4.69) is 41.4 Å². The topological polar surface area (TPSA) is 12.9 Å². The molecule has 1 nitrogen and oxygen atoms in total. The molecule has 0 saturated heterocycles. The number of pyridine rings is 1. The van der Waals surface area contributed by atoms with Gasteiger partial charge in [0.1, 0.15) is 0 Å². The minimum Gasteiger partial charge on any atom is -0.263 e. The first kappa shape index (κ1) is 7.51. The van der Waals surface area contributed by atoms with E-state index >= 15 is 0 Å². The molecule has 1 aromatic heterocycles. The number of hydrogen-bond donors (Lipinski definition) is 0. The summed E-state index contributed by atoms with van der Waals surface area (Å²) in [6.45, 7) is 0. The first-order chi connectivity index (χ1) is 6.95. The van der Waals surface area contributed by atoms with Crippen molar-refractivity contribution in [3.8, 4) is 0 Å². The highest BCUT2D eigenvalue weighted by atomic mass is 14.6. The maximum Gasteiger partial charge on any atom is 0.0353 e. The van der Waals surface area contributed by atoms with Crippen LogP contribution in [0.15, 0.2) is 48.8 Å². The monoisotopic (exact) mass is 178 g/mol. The van der Waals surface area contributed by atoms with Gasteiger partial charge in [0.25, 0.3) is 0 Å². The van der Waals surface area contributed by atoms with Crippen molar-refractivity contribution >= 4 is 21.5 Å². The van der Waals surface area contributed by atoms with Crippen molar-refractivity contribution in [2.45, 2.75) is 0 Å². The average Bonchev–Trinajstić information content (AvgIpc) is 2.29. The molecule has 0 aliphatic rings. The zero-order chi connectivity index (χ0) is 9.38. The van der Waals surface area contributed by atoms with E-state index in [1.54, 1.807) is 6.20 Å². The van der Waals surface area contributed by atoms with Crippen molar-refractivity contribution in [2.24, 2.45) is 0 Å². The highest BCUT2D eigenvalue weighted by Crippen LogP contribution is 2.23. The van der Waals surface area contributed by atoms with Crippen LogP contribution >= 0.6 is 0 Å². The highest BCUT2D eigenvalue weighted by Gasteiger charge is 1.98. The Labute approximate surface area is 82.0 Å². The molecule has 0 unspecified atom stereocenters. The second-order valence-electron chi connectivity index (χ2n) is 3.30. The Bertz CT molecular complexity index is 544. The summed E-state index contributed by atoms with van der Waals surface area (Å²) in [5.41, 5.74) is 0. The van der Waals surface area contributed by atoms with E-state index in [0.29, 0.717) is 0 Å². The van der Waals surface area contributed by atoms with Crippen LogP contribution in [0.25, 0.3) is 21.5 Å². The first-order valence-electron chi connectivity index (χ1n) is 4.58. The molecule has 1 heterocycles. The number of fused-ring (bicyclic) bond motifs is 3. The van der Waals surface area contributed by atoms with Gasteiger partial charge < -0.3 is 0 Å². The van der Waals surface area contributed by atoms with Crippen LogP contribution in [0.4, 0.5) is 0 Å². The van der Waals surface area contributed by atoms with Gasteiger partial charge in [-0.3, -0.25) is 4.98 Å². The molecule has 0 aliphatic heterocycles. The van der Waals surface area contributed by atoms with Gasteiger partial charge in [-0.1, -0.05) is 36.4 Å². The molecule has 0 aliphatic carbocycles. The lowest BCUT2D eigenvalue weighted by Crippen LogP contribution is -1.78. The summed E-state index contributed by atoms with van der Waals surface area (Å²) in [5, 5.41) is 4.79. The third-order valence-electron chi connectivity index (χ3n) is 2.47. The number of benzene rings is 2. The summed E-state index contributed by atoms with van der Waals surface area (Å²) in [6, 6.07) is 15.7. The van der Waals surface area contributed by atoms with Gasteiger partial charge in [0.05, 0.1) is 0 Å². The minimum absolute atomic E-state index is 1.12. The molecular formula is C13H8N. The molecular weight excluding hydrogens is 170 g/mol. The lowest BCUT2D eigenvalue weighted by Gasteiger charge is -2.01. The Kier molecular flexibility index (Phi) is 1.51. The number of rotatable bonds is 0. The molecule has 0 N–H and O–H groups in total. The zero-order valence-corrected chi connectivity index (χ0v) is 7.57. The Morgan fingerprint density at radius 2 is 1.86 bits per heavy atom. The summed E-state index contributed by atoms with van der Waals surface area (Å²) in [7, 11) is 0. The number of hydrogen-bond acceptors (Lipinski definition) is 1. The quantitative estimate of drug-likeness (QED) is 0.482. The van der Waals surface area contributed by atoms with Crippen LogP contribution in [-0.2, 0) is 0 Å². The maximum absolute atomic E-state index is 4.11. The fraction of sp³-hybridized carbons (Fsp3) is 0. The Morgan fingerprint density at radius 1 is 0.929 bits per heavy atom. The second kappa shape index (κ2) is 2.81.